The van der Waals surface area contributed by atoms with Crippen molar-refractivity contribution in [2.45, 2.75) is 11.7 Å². The van der Waals surface area contributed by atoms with E-state index in [-0.39, 0.29) is 17.1 Å². The topological polar surface area (TPSA) is 79.7 Å². The Labute approximate surface area is 200 Å². The third-order valence-electron chi connectivity index (χ3n) is 5.52. The zero-order valence-electron chi connectivity index (χ0n) is 18.5. The normalized spacial score (nSPS) is 12.5. The second-order valence-electron chi connectivity index (χ2n) is 7.72. The van der Waals surface area contributed by atoms with Gasteiger partial charge in [0.05, 0.1) is 30.3 Å². The Kier molecular flexibility index (Phi) is 6.22. The first kappa shape index (κ1) is 22.0. The molecule has 7 nitrogen and oxygen atoms in total. The minimum Gasteiger partial charge on any atom is -0.497 e. The van der Waals surface area contributed by atoms with Gasteiger partial charge in [0.1, 0.15) is 19.0 Å². The van der Waals surface area contributed by atoms with Crippen molar-refractivity contribution < 1.29 is 19.0 Å². The van der Waals surface area contributed by atoms with E-state index < -0.39 is 0 Å². The van der Waals surface area contributed by atoms with Gasteiger partial charge in [-0.2, -0.15) is 0 Å². The van der Waals surface area contributed by atoms with Gasteiger partial charge < -0.3 is 14.2 Å². The maximum absolute atomic E-state index is 13.3. The number of ether oxygens (including phenoxy) is 3. The minimum atomic E-state index is -0.143. The molecule has 0 N–H and O–H groups in total. The molecule has 0 amide bonds. The Morgan fingerprint density at radius 2 is 1.79 bits per heavy atom. The molecular weight excluding hydrogens is 452 g/mol. The number of aromatic nitrogens is 2. The van der Waals surface area contributed by atoms with Crippen molar-refractivity contribution in [3.05, 3.63) is 88.2 Å². The molecule has 0 aliphatic carbocycles. The Morgan fingerprint density at radius 1 is 1.03 bits per heavy atom. The molecule has 3 aromatic carbocycles. The molecule has 8 heteroatoms. The van der Waals surface area contributed by atoms with Gasteiger partial charge in [-0.3, -0.25) is 14.2 Å². The van der Waals surface area contributed by atoms with Gasteiger partial charge in [-0.05, 0) is 48.0 Å². The lowest BCUT2D eigenvalue weighted by Crippen LogP contribution is -2.24. The molecule has 0 saturated carbocycles. The summed E-state index contributed by atoms with van der Waals surface area (Å²) >= 11 is 1.25. The SMILES string of the molecule is COc1ccc(Cn2c(SCC(=O)c3ccc4c(c3)OCCO4)nc3ccccc3c2=O)cc1. The van der Waals surface area contributed by atoms with Crippen LogP contribution in [0.25, 0.3) is 10.9 Å². The number of rotatable bonds is 7. The maximum atomic E-state index is 13.3. The minimum absolute atomic E-state index is 0.0830. The molecule has 2 heterocycles. The highest BCUT2D eigenvalue weighted by Gasteiger charge is 2.17. The van der Waals surface area contributed by atoms with E-state index in [9.17, 15) is 9.59 Å². The van der Waals surface area contributed by atoms with Gasteiger partial charge in [-0.15, -0.1) is 0 Å². The molecule has 0 radical (unpaired) electrons. The standard InChI is InChI=1S/C26H22N2O5S/c1-31-19-9-6-17(7-10-19)15-28-25(30)20-4-2-3-5-21(20)27-26(28)34-16-22(29)18-8-11-23-24(14-18)33-13-12-32-23/h2-11,14H,12-13,15-16H2,1H3. The average molecular weight is 475 g/mol. The lowest BCUT2D eigenvalue weighted by Gasteiger charge is -2.18. The fourth-order valence-corrected chi connectivity index (χ4v) is 4.63. The molecule has 0 saturated heterocycles. The number of fused-ring (bicyclic) bond motifs is 2. The van der Waals surface area contributed by atoms with Crippen molar-refractivity contribution in [1.82, 2.24) is 9.55 Å². The van der Waals surface area contributed by atoms with E-state index in [1.807, 2.05) is 36.4 Å². The summed E-state index contributed by atoms with van der Waals surface area (Å²) < 4.78 is 18.0. The van der Waals surface area contributed by atoms with Crippen molar-refractivity contribution >= 4 is 28.4 Å². The van der Waals surface area contributed by atoms with Gasteiger partial charge >= 0.3 is 0 Å². The Bertz CT molecular complexity index is 1420. The number of para-hydroxylation sites is 1. The van der Waals surface area contributed by atoms with Crippen molar-refractivity contribution in [2.24, 2.45) is 0 Å². The van der Waals surface area contributed by atoms with E-state index in [1.165, 1.54) is 11.8 Å². The first-order valence-electron chi connectivity index (χ1n) is 10.8. The van der Waals surface area contributed by atoms with Crippen LogP contribution in [0.5, 0.6) is 17.2 Å². The summed E-state index contributed by atoms with van der Waals surface area (Å²) in [7, 11) is 1.61. The zero-order valence-corrected chi connectivity index (χ0v) is 19.3. The molecule has 172 valence electrons. The number of thioether (sulfide) groups is 1. The first-order valence-corrected chi connectivity index (χ1v) is 11.8. The third-order valence-corrected chi connectivity index (χ3v) is 6.50. The summed E-state index contributed by atoms with van der Waals surface area (Å²) in [6.45, 7) is 1.29. The summed E-state index contributed by atoms with van der Waals surface area (Å²) in [6, 6.07) is 20.0. The van der Waals surface area contributed by atoms with Gasteiger partial charge in [-0.25, -0.2) is 4.98 Å². The molecule has 4 aromatic rings. The molecule has 0 unspecified atom stereocenters. The van der Waals surface area contributed by atoms with Crippen molar-refractivity contribution in [2.75, 3.05) is 26.1 Å². The lowest BCUT2D eigenvalue weighted by atomic mass is 10.1. The zero-order chi connectivity index (χ0) is 23.5. The van der Waals surface area contributed by atoms with Crippen molar-refractivity contribution in [3.8, 4) is 17.2 Å². The van der Waals surface area contributed by atoms with Gasteiger partial charge in [0.25, 0.3) is 5.56 Å². The Morgan fingerprint density at radius 3 is 2.59 bits per heavy atom. The van der Waals surface area contributed by atoms with Crippen LogP contribution in [0.15, 0.2) is 76.7 Å². The van der Waals surface area contributed by atoms with Crippen LogP contribution >= 0.6 is 11.8 Å². The second-order valence-corrected chi connectivity index (χ2v) is 8.66. The number of benzene rings is 3. The van der Waals surface area contributed by atoms with Gasteiger partial charge in [0, 0.05) is 5.56 Å². The molecule has 1 aromatic heterocycles. The Hall–Kier alpha value is -3.78. The molecule has 0 fully saturated rings. The van der Waals surface area contributed by atoms with Crippen LogP contribution in [-0.2, 0) is 6.54 Å². The third kappa shape index (κ3) is 4.49. The summed E-state index contributed by atoms with van der Waals surface area (Å²) in [5, 5.41) is 1.03. The van der Waals surface area contributed by atoms with E-state index in [0.29, 0.717) is 52.9 Å². The molecular formula is C26H22N2O5S. The second kappa shape index (κ2) is 9.61. The first-order chi connectivity index (χ1) is 16.6. The van der Waals surface area contributed by atoms with E-state index in [4.69, 9.17) is 19.2 Å². The van der Waals surface area contributed by atoms with Crippen LogP contribution in [-0.4, -0.2) is 41.4 Å². The number of nitrogens with zero attached hydrogens (tertiary/aromatic N) is 2. The predicted molar refractivity (Wildman–Crippen MR) is 131 cm³/mol. The number of Topliss-reactive ketones (excluding diaryl/α,β-unsaturated/α-hetero) is 1. The summed E-state index contributed by atoms with van der Waals surface area (Å²) in [5.74, 6) is 2.00. The van der Waals surface area contributed by atoms with Crippen LogP contribution in [0.3, 0.4) is 0 Å². The average Bonchev–Trinajstić information content (AvgIpc) is 2.89. The highest BCUT2D eigenvalue weighted by molar-refractivity contribution is 7.99. The molecule has 0 spiro atoms. The molecule has 0 bridgehead atoms. The van der Waals surface area contributed by atoms with Crippen LogP contribution in [0.4, 0.5) is 0 Å². The van der Waals surface area contributed by atoms with Crippen LogP contribution in [0, 0.1) is 0 Å². The van der Waals surface area contributed by atoms with Crippen LogP contribution < -0.4 is 19.8 Å². The number of carbonyl (C=O) groups is 1. The fourth-order valence-electron chi connectivity index (χ4n) is 3.74. The van der Waals surface area contributed by atoms with Gasteiger partial charge in [0.2, 0.25) is 0 Å². The monoisotopic (exact) mass is 474 g/mol. The molecule has 34 heavy (non-hydrogen) atoms. The quantitative estimate of drug-likeness (QED) is 0.226. The molecule has 5 rings (SSSR count). The van der Waals surface area contributed by atoms with Crippen LogP contribution in [0.1, 0.15) is 15.9 Å². The smallest absolute Gasteiger partial charge is 0.262 e. The summed E-state index contributed by atoms with van der Waals surface area (Å²) in [6.07, 6.45) is 0. The fraction of sp³-hybridized carbons (Fsp3) is 0.192. The van der Waals surface area contributed by atoms with Crippen LogP contribution in [0.2, 0.25) is 0 Å². The maximum Gasteiger partial charge on any atom is 0.262 e. The van der Waals surface area contributed by atoms with E-state index in [0.717, 1.165) is 11.3 Å². The highest BCUT2D eigenvalue weighted by atomic mass is 32.2. The summed E-state index contributed by atoms with van der Waals surface area (Å²) in [4.78, 5) is 31.0. The van der Waals surface area contributed by atoms with E-state index >= 15 is 0 Å². The van der Waals surface area contributed by atoms with E-state index in [1.54, 1.807) is 42.0 Å². The van der Waals surface area contributed by atoms with E-state index in [2.05, 4.69) is 0 Å². The lowest BCUT2D eigenvalue weighted by molar-refractivity contribution is 0.102. The number of ketones is 1. The molecule has 0 atom stereocenters. The Balaban J connectivity index is 1.43. The van der Waals surface area contributed by atoms with Gasteiger partial charge in [0.15, 0.2) is 22.4 Å². The number of methoxy groups -OCH3 is 1. The van der Waals surface area contributed by atoms with Crippen molar-refractivity contribution in [1.29, 1.82) is 0 Å². The predicted octanol–water partition coefficient (Wildman–Crippen LogP) is 4.20. The number of hydrogen-bond donors (Lipinski definition) is 0. The van der Waals surface area contributed by atoms with Crippen molar-refractivity contribution in [3.63, 3.8) is 0 Å². The highest BCUT2D eigenvalue weighted by Crippen LogP contribution is 2.31. The summed E-state index contributed by atoms with van der Waals surface area (Å²) in [5.41, 5.74) is 1.92. The largest absolute Gasteiger partial charge is 0.497 e. The molecule has 1 aliphatic rings. The molecule has 1 aliphatic heterocycles. The number of carbonyl (C=O) groups excluding carboxylic acids is 1. The van der Waals surface area contributed by atoms with Gasteiger partial charge in [-0.1, -0.05) is 36.0 Å². The number of hydrogen-bond acceptors (Lipinski definition) is 7.